The Morgan fingerprint density at radius 1 is 1.39 bits per heavy atom. The molecule has 2 aromatic rings. The lowest BCUT2D eigenvalue weighted by Crippen LogP contribution is -2.23. The third kappa shape index (κ3) is 4.75. The van der Waals surface area contributed by atoms with Crippen LogP contribution in [-0.4, -0.2) is 29.4 Å². The Labute approximate surface area is 138 Å². The molecule has 0 aliphatic rings. The van der Waals surface area contributed by atoms with Gasteiger partial charge in [0.1, 0.15) is 0 Å². The van der Waals surface area contributed by atoms with E-state index in [0.29, 0.717) is 22.6 Å². The van der Waals surface area contributed by atoms with Crippen molar-refractivity contribution in [1.29, 1.82) is 0 Å². The first-order valence-electron chi connectivity index (χ1n) is 6.49. The van der Waals surface area contributed by atoms with E-state index in [9.17, 15) is 4.79 Å². The summed E-state index contributed by atoms with van der Waals surface area (Å²) in [6, 6.07) is 8.25. The SMILES string of the molecule is COc1cc(/C=N/NC(N)=S)ccc1OC(=O)c1cccnc1. The third-order valence-electron chi connectivity index (χ3n) is 2.68. The summed E-state index contributed by atoms with van der Waals surface area (Å²) < 4.78 is 10.5. The minimum absolute atomic E-state index is 0.0650. The van der Waals surface area contributed by atoms with Crippen molar-refractivity contribution in [3.05, 3.63) is 53.9 Å². The van der Waals surface area contributed by atoms with Crippen molar-refractivity contribution in [3.8, 4) is 11.5 Å². The summed E-state index contributed by atoms with van der Waals surface area (Å²) in [6.07, 6.45) is 4.51. The maximum Gasteiger partial charge on any atom is 0.345 e. The van der Waals surface area contributed by atoms with Gasteiger partial charge in [0.2, 0.25) is 0 Å². The molecule has 0 bridgehead atoms. The zero-order valence-electron chi connectivity index (χ0n) is 12.2. The molecule has 0 atom stereocenters. The van der Waals surface area contributed by atoms with Gasteiger partial charge in [-0.1, -0.05) is 0 Å². The molecular formula is C15H14N4O3S. The van der Waals surface area contributed by atoms with Gasteiger partial charge >= 0.3 is 5.97 Å². The number of hydrazone groups is 1. The number of nitrogens with one attached hydrogen (secondary N) is 1. The summed E-state index contributed by atoms with van der Waals surface area (Å²) >= 11 is 4.64. The standard InChI is InChI=1S/C15H14N4O3S/c1-21-13-7-10(8-18-19-15(16)23)4-5-12(13)22-14(20)11-3-2-6-17-9-11/h2-9H,1H3,(H3,16,19,23)/b18-8+. The minimum Gasteiger partial charge on any atom is -0.493 e. The van der Waals surface area contributed by atoms with E-state index in [4.69, 9.17) is 15.2 Å². The van der Waals surface area contributed by atoms with Crippen LogP contribution in [0.1, 0.15) is 15.9 Å². The largest absolute Gasteiger partial charge is 0.493 e. The number of methoxy groups -OCH3 is 1. The molecule has 0 spiro atoms. The molecule has 1 aromatic heterocycles. The maximum absolute atomic E-state index is 12.0. The normalized spacial score (nSPS) is 10.3. The lowest BCUT2D eigenvalue weighted by atomic mass is 10.2. The van der Waals surface area contributed by atoms with Crippen molar-refractivity contribution in [1.82, 2.24) is 10.4 Å². The molecule has 0 amide bonds. The number of thiocarbonyl (C=S) groups is 1. The third-order valence-corrected chi connectivity index (χ3v) is 2.77. The van der Waals surface area contributed by atoms with Gasteiger partial charge in [-0.15, -0.1) is 0 Å². The fraction of sp³-hybridized carbons (Fsp3) is 0.0667. The zero-order valence-corrected chi connectivity index (χ0v) is 13.0. The summed E-state index contributed by atoms with van der Waals surface area (Å²) in [5.41, 5.74) is 8.77. The Morgan fingerprint density at radius 2 is 2.22 bits per heavy atom. The van der Waals surface area contributed by atoms with E-state index in [-0.39, 0.29) is 5.11 Å². The molecule has 0 saturated heterocycles. The molecule has 3 N–H and O–H groups in total. The van der Waals surface area contributed by atoms with Crippen LogP contribution >= 0.6 is 12.2 Å². The van der Waals surface area contributed by atoms with Gasteiger partial charge in [0.15, 0.2) is 16.6 Å². The van der Waals surface area contributed by atoms with Crippen LogP contribution in [0.3, 0.4) is 0 Å². The van der Waals surface area contributed by atoms with Gasteiger partial charge in [-0.05, 0) is 48.1 Å². The lowest BCUT2D eigenvalue weighted by Gasteiger charge is -2.09. The molecule has 0 unspecified atom stereocenters. The number of pyridine rings is 1. The molecule has 118 valence electrons. The Kier molecular flexibility index (Phi) is 5.59. The predicted molar refractivity (Wildman–Crippen MR) is 89.7 cm³/mol. The number of aromatic nitrogens is 1. The van der Waals surface area contributed by atoms with Gasteiger partial charge < -0.3 is 15.2 Å². The van der Waals surface area contributed by atoms with Gasteiger partial charge in [-0.2, -0.15) is 5.10 Å². The molecule has 0 aliphatic heterocycles. The number of nitrogens with zero attached hydrogens (tertiary/aromatic N) is 2. The van der Waals surface area contributed by atoms with Crippen molar-refractivity contribution in [2.45, 2.75) is 0 Å². The second-order valence-corrected chi connectivity index (χ2v) is 4.72. The smallest absolute Gasteiger partial charge is 0.345 e. The molecule has 0 radical (unpaired) electrons. The van der Waals surface area contributed by atoms with E-state index in [1.165, 1.54) is 19.5 Å². The second kappa shape index (κ2) is 7.85. The molecule has 1 heterocycles. The molecule has 7 nitrogen and oxygen atoms in total. The number of benzene rings is 1. The summed E-state index contributed by atoms with van der Waals surface area (Å²) in [5.74, 6) is 0.162. The fourth-order valence-corrected chi connectivity index (χ4v) is 1.71. The van der Waals surface area contributed by atoms with Crippen LogP contribution < -0.4 is 20.6 Å². The van der Waals surface area contributed by atoms with E-state index >= 15 is 0 Å². The Balaban J connectivity index is 2.15. The number of hydrogen-bond donors (Lipinski definition) is 2. The highest BCUT2D eigenvalue weighted by Crippen LogP contribution is 2.28. The van der Waals surface area contributed by atoms with Crippen LogP contribution in [0, 0.1) is 0 Å². The highest BCUT2D eigenvalue weighted by atomic mass is 32.1. The molecule has 23 heavy (non-hydrogen) atoms. The van der Waals surface area contributed by atoms with Gasteiger partial charge in [0, 0.05) is 12.4 Å². The summed E-state index contributed by atoms with van der Waals surface area (Å²) in [6.45, 7) is 0. The number of hydrogen-bond acceptors (Lipinski definition) is 6. The summed E-state index contributed by atoms with van der Waals surface area (Å²) in [4.78, 5) is 15.9. The number of ether oxygens (including phenoxy) is 2. The van der Waals surface area contributed by atoms with E-state index in [2.05, 4.69) is 27.7 Å². The van der Waals surface area contributed by atoms with Crippen molar-refractivity contribution in [3.63, 3.8) is 0 Å². The molecule has 0 saturated carbocycles. The second-order valence-electron chi connectivity index (χ2n) is 4.28. The minimum atomic E-state index is -0.520. The van der Waals surface area contributed by atoms with Crippen LogP contribution in [0.4, 0.5) is 0 Å². The molecule has 2 rings (SSSR count). The van der Waals surface area contributed by atoms with Gasteiger partial charge in [0.05, 0.1) is 18.9 Å². The average molecular weight is 330 g/mol. The van der Waals surface area contributed by atoms with Crippen molar-refractivity contribution < 1.29 is 14.3 Å². The topological polar surface area (TPSA) is 98.8 Å². The first kappa shape index (κ1) is 16.4. The molecular weight excluding hydrogens is 316 g/mol. The van der Waals surface area contributed by atoms with E-state index < -0.39 is 5.97 Å². The summed E-state index contributed by atoms with van der Waals surface area (Å²) in [5, 5.41) is 3.91. The van der Waals surface area contributed by atoms with E-state index in [1.807, 2.05) is 0 Å². The van der Waals surface area contributed by atoms with E-state index in [0.717, 1.165) is 0 Å². The maximum atomic E-state index is 12.0. The Hall–Kier alpha value is -3.00. The molecule has 0 aliphatic carbocycles. The van der Waals surface area contributed by atoms with Gasteiger partial charge in [0.25, 0.3) is 0 Å². The first-order valence-corrected chi connectivity index (χ1v) is 6.89. The van der Waals surface area contributed by atoms with Gasteiger partial charge in [-0.25, -0.2) is 4.79 Å². The molecule has 0 fully saturated rings. The van der Waals surface area contributed by atoms with Crippen molar-refractivity contribution >= 4 is 29.5 Å². The number of carbonyl (C=O) groups is 1. The van der Waals surface area contributed by atoms with Crippen LogP contribution in [-0.2, 0) is 0 Å². The quantitative estimate of drug-likeness (QED) is 0.282. The van der Waals surface area contributed by atoms with Crippen LogP contribution in [0.2, 0.25) is 0 Å². The molecule has 1 aromatic carbocycles. The van der Waals surface area contributed by atoms with Crippen molar-refractivity contribution in [2.24, 2.45) is 10.8 Å². The van der Waals surface area contributed by atoms with Crippen LogP contribution in [0.15, 0.2) is 47.8 Å². The average Bonchev–Trinajstić information content (AvgIpc) is 2.56. The Morgan fingerprint density at radius 3 is 2.87 bits per heavy atom. The number of nitrogens with two attached hydrogens (primary N) is 1. The molecule has 8 heteroatoms. The lowest BCUT2D eigenvalue weighted by molar-refractivity contribution is 0.0729. The first-order chi connectivity index (χ1) is 11.1. The number of esters is 1. The highest BCUT2D eigenvalue weighted by Gasteiger charge is 2.12. The number of rotatable bonds is 5. The summed E-state index contributed by atoms with van der Waals surface area (Å²) in [7, 11) is 1.48. The fourth-order valence-electron chi connectivity index (χ4n) is 1.66. The highest BCUT2D eigenvalue weighted by molar-refractivity contribution is 7.80. The monoisotopic (exact) mass is 330 g/mol. The van der Waals surface area contributed by atoms with E-state index in [1.54, 1.807) is 36.5 Å². The number of carbonyl (C=O) groups excluding carboxylic acids is 1. The Bertz CT molecular complexity index is 735. The van der Waals surface area contributed by atoms with Crippen molar-refractivity contribution in [2.75, 3.05) is 7.11 Å². The predicted octanol–water partition coefficient (Wildman–Crippen LogP) is 1.48. The van der Waals surface area contributed by atoms with Crippen LogP contribution in [0.5, 0.6) is 11.5 Å². The van der Waals surface area contributed by atoms with Crippen LogP contribution in [0.25, 0.3) is 0 Å². The van der Waals surface area contributed by atoms with Gasteiger partial charge in [-0.3, -0.25) is 10.4 Å². The zero-order chi connectivity index (χ0) is 16.7.